The van der Waals surface area contributed by atoms with Crippen LogP contribution in [-0.4, -0.2) is 58.0 Å². The van der Waals surface area contributed by atoms with Crippen LogP contribution in [0.5, 0.6) is 0 Å². The standard InChI is InChI=1S/C23H33N5O/c1-18(20-8-4-3-5-9-20)25-23(29)17-27-14-12-26(13-15-27)16-21-19(2)24-22-10-6-7-11-28(21)22/h3-5,8-9,18H,6-7,10-17H2,1-2H3,(H,25,29). The van der Waals surface area contributed by atoms with E-state index in [0.29, 0.717) is 6.54 Å². The molecule has 156 valence electrons. The summed E-state index contributed by atoms with van der Waals surface area (Å²) in [4.78, 5) is 22.0. The third kappa shape index (κ3) is 4.87. The van der Waals surface area contributed by atoms with E-state index in [1.54, 1.807) is 0 Å². The first kappa shape index (κ1) is 20.1. The average Bonchev–Trinajstić information content (AvgIpc) is 3.05. The highest BCUT2D eigenvalue weighted by Gasteiger charge is 2.23. The second kappa shape index (κ2) is 9.09. The number of hydrogen-bond acceptors (Lipinski definition) is 4. The maximum absolute atomic E-state index is 12.5. The molecule has 0 aliphatic carbocycles. The summed E-state index contributed by atoms with van der Waals surface area (Å²) in [5, 5.41) is 3.13. The van der Waals surface area contributed by atoms with E-state index in [1.807, 2.05) is 25.1 Å². The van der Waals surface area contributed by atoms with Crippen molar-refractivity contribution in [3.63, 3.8) is 0 Å². The van der Waals surface area contributed by atoms with E-state index >= 15 is 0 Å². The summed E-state index contributed by atoms with van der Waals surface area (Å²) >= 11 is 0. The van der Waals surface area contributed by atoms with Crippen molar-refractivity contribution in [2.45, 2.75) is 52.2 Å². The minimum atomic E-state index is 0.0426. The Hall–Kier alpha value is -2.18. The highest BCUT2D eigenvalue weighted by atomic mass is 16.2. The van der Waals surface area contributed by atoms with Crippen LogP contribution in [0.15, 0.2) is 30.3 Å². The van der Waals surface area contributed by atoms with Gasteiger partial charge in [0, 0.05) is 45.7 Å². The topological polar surface area (TPSA) is 53.4 Å². The van der Waals surface area contributed by atoms with Crippen molar-refractivity contribution >= 4 is 5.91 Å². The maximum atomic E-state index is 12.5. The SMILES string of the molecule is Cc1nc2n(c1CN1CCN(CC(=O)NC(C)c3ccccc3)CC1)CCCC2. The number of hydrogen-bond donors (Lipinski definition) is 1. The zero-order chi connectivity index (χ0) is 20.2. The number of aromatic nitrogens is 2. The van der Waals surface area contributed by atoms with E-state index in [2.05, 4.69) is 38.7 Å². The minimum Gasteiger partial charge on any atom is -0.348 e. The number of nitrogens with one attached hydrogen (secondary N) is 1. The molecule has 2 aliphatic heterocycles. The predicted octanol–water partition coefficient (Wildman–Crippen LogP) is 2.52. The number of aryl methyl sites for hydroxylation is 2. The summed E-state index contributed by atoms with van der Waals surface area (Å²) in [6, 6.07) is 10.2. The van der Waals surface area contributed by atoms with E-state index < -0.39 is 0 Å². The number of carbonyl (C=O) groups excluding carboxylic acids is 1. The Bertz CT molecular complexity index is 823. The molecule has 29 heavy (non-hydrogen) atoms. The fraction of sp³-hybridized carbons (Fsp3) is 0.565. The Morgan fingerprint density at radius 3 is 2.55 bits per heavy atom. The Labute approximate surface area is 173 Å². The lowest BCUT2D eigenvalue weighted by Gasteiger charge is -2.34. The third-order valence-corrected chi connectivity index (χ3v) is 6.27. The van der Waals surface area contributed by atoms with E-state index in [1.165, 1.54) is 30.1 Å². The van der Waals surface area contributed by atoms with Gasteiger partial charge in [0.15, 0.2) is 0 Å². The number of fused-ring (bicyclic) bond motifs is 1. The molecule has 1 amide bonds. The summed E-state index contributed by atoms with van der Waals surface area (Å²) < 4.78 is 2.45. The molecule has 1 N–H and O–H groups in total. The van der Waals surface area contributed by atoms with Crippen molar-refractivity contribution in [3.8, 4) is 0 Å². The van der Waals surface area contributed by atoms with Crippen LogP contribution in [-0.2, 0) is 24.3 Å². The Morgan fingerprint density at radius 2 is 1.79 bits per heavy atom. The van der Waals surface area contributed by atoms with Gasteiger partial charge in [0.25, 0.3) is 0 Å². The molecule has 1 atom stereocenters. The number of benzene rings is 1. The molecule has 0 saturated carbocycles. The molecule has 3 heterocycles. The summed E-state index contributed by atoms with van der Waals surface area (Å²) in [7, 11) is 0. The lowest BCUT2D eigenvalue weighted by Crippen LogP contribution is -2.49. The van der Waals surface area contributed by atoms with Gasteiger partial charge in [-0.25, -0.2) is 4.98 Å². The molecular weight excluding hydrogens is 362 g/mol. The number of piperazine rings is 1. The zero-order valence-corrected chi connectivity index (χ0v) is 17.7. The summed E-state index contributed by atoms with van der Waals surface area (Å²) in [5.41, 5.74) is 3.73. The summed E-state index contributed by atoms with van der Waals surface area (Å²) in [6.45, 7) is 10.6. The van der Waals surface area contributed by atoms with Gasteiger partial charge in [0.1, 0.15) is 5.82 Å². The average molecular weight is 396 g/mol. The Morgan fingerprint density at radius 1 is 1.07 bits per heavy atom. The van der Waals surface area contributed by atoms with Crippen LogP contribution in [0.3, 0.4) is 0 Å². The summed E-state index contributed by atoms with van der Waals surface area (Å²) in [6.07, 6.45) is 3.64. The molecule has 2 aromatic rings. The highest BCUT2D eigenvalue weighted by molar-refractivity contribution is 5.78. The van der Waals surface area contributed by atoms with Gasteiger partial charge in [0.2, 0.25) is 5.91 Å². The molecular formula is C23H33N5O. The van der Waals surface area contributed by atoms with Gasteiger partial charge in [-0.3, -0.25) is 14.6 Å². The molecule has 6 nitrogen and oxygen atoms in total. The van der Waals surface area contributed by atoms with Gasteiger partial charge in [-0.1, -0.05) is 30.3 Å². The van der Waals surface area contributed by atoms with Crippen LogP contribution in [0.25, 0.3) is 0 Å². The maximum Gasteiger partial charge on any atom is 0.234 e. The fourth-order valence-electron chi connectivity index (χ4n) is 4.51. The third-order valence-electron chi connectivity index (χ3n) is 6.27. The lowest BCUT2D eigenvalue weighted by atomic mass is 10.1. The molecule has 1 aromatic carbocycles. The quantitative estimate of drug-likeness (QED) is 0.817. The molecule has 0 radical (unpaired) electrons. The zero-order valence-electron chi connectivity index (χ0n) is 17.7. The molecule has 0 bridgehead atoms. The van der Waals surface area contributed by atoms with Gasteiger partial charge >= 0.3 is 0 Å². The Kier molecular flexibility index (Phi) is 6.31. The van der Waals surface area contributed by atoms with Crippen LogP contribution in [0.2, 0.25) is 0 Å². The van der Waals surface area contributed by atoms with Gasteiger partial charge in [0.05, 0.1) is 24.0 Å². The van der Waals surface area contributed by atoms with Crippen molar-refractivity contribution in [1.82, 2.24) is 24.7 Å². The summed E-state index contributed by atoms with van der Waals surface area (Å²) in [5.74, 6) is 1.38. The number of rotatable bonds is 6. The molecule has 2 aliphatic rings. The number of carbonyl (C=O) groups is 1. The molecule has 6 heteroatoms. The second-order valence-corrected chi connectivity index (χ2v) is 8.42. The molecule has 1 unspecified atom stereocenters. The van der Waals surface area contributed by atoms with Gasteiger partial charge < -0.3 is 9.88 Å². The van der Waals surface area contributed by atoms with Gasteiger partial charge in [-0.15, -0.1) is 0 Å². The van der Waals surface area contributed by atoms with Gasteiger partial charge in [-0.2, -0.15) is 0 Å². The molecule has 1 saturated heterocycles. The van der Waals surface area contributed by atoms with Gasteiger partial charge in [-0.05, 0) is 32.3 Å². The molecule has 4 rings (SSSR count). The van der Waals surface area contributed by atoms with Crippen molar-refractivity contribution in [2.24, 2.45) is 0 Å². The minimum absolute atomic E-state index is 0.0426. The monoisotopic (exact) mass is 395 g/mol. The molecule has 1 aromatic heterocycles. The smallest absolute Gasteiger partial charge is 0.234 e. The predicted molar refractivity (Wildman–Crippen MR) is 115 cm³/mol. The van der Waals surface area contributed by atoms with Crippen molar-refractivity contribution in [2.75, 3.05) is 32.7 Å². The molecule has 0 spiro atoms. The van der Waals surface area contributed by atoms with E-state index in [4.69, 9.17) is 4.98 Å². The van der Waals surface area contributed by atoms with E-state index in [0.717, 1.165) is 51.3 Å². The normalized spacial score (nSPS) is 19.0. The molecule has 1 fully saturated rings. The number of imidazole rings is 1. The fourth-order valence-corrected chi connectivity index (χ4v) is 4.51. The van der Waals surface area contributed by atoms with Crippen molar-refractivity contribution in [3.05, 3.63) is 53.1 Å². The van der Waals surface area contributed by atoms with Crippen LogP contribution in [0.4, 0.5) is 0 Å². The van der Waals surface area contributed by atoms with E-state index in [9.17, 15) is 4.79 Å². The number of amides is 1. The van der Waals surface area contributed by atoms with Crippen LogP contribution >= 0.6 is 0 Å². The van der Waals surface area contributed by atoms with Crippen LogP contribution in [0, 0.1) is 6.92 Å². The number of nitrogens with zero attached hydrogens (tertiary/aromatic N) is 4. The van der Waals surface area contributed by atoms with Crippen molar-refractivity contribution in [1.29, 1.82) is 0 Å². The largest absolute Gasteiger partial charge is 0.348 e. The first-order valence-corrected chi connectivity index (χ1v) is 10.9. The first-order valence-electron chi connectivity index (χ1n) is 10.9. The highest BCUT2D eigenvalue weighted by Crippen LogP contribution is 2.21. The van der Waals surface area contributed by atoms with Crippen LogP contribution in [0.1, 0.15) is 48.6 Å². The van der Waals surface area contributed by atoms with E-state index in [-0.39, 0.29) is 11.9 Å². The second-order valence-electron chi connectivity index (χ2n) is 8.42. The lowest BCUT2D eigenvalue weighted by molar-refractivity contribution is -0.123. The van der Waals surface area contributed by atoms with Crippen molar-refractivity contribution < 1.29 is 4.79 Å². The van der Waals surface area contributed by atoms with Crippen LogP contribution < -0.4 is 5.32 Å². The first-order chi connectivity index (χ1) is 14.1. The Balaban J connectivity index is 1.25.